The van der Waals surface area contributed by atoms with Gasteiger partial charge in [0.2, 0.25) is 12.4 Å². The Balaban J connectivity index is 1.22. The van der Waals surface area contributed by atoms with Crippen molar-refractivity contribution in [1.82, 2.24) is 0 Å². The van der Waals surface area contributed by atoms with Crippen molar-refractivity contribution in [3.63, 3.8) is 0 Å². The first-order valence-electron chi connectivity index (χ1n) is 13.2. The average molecular weight is 520 g/mol. The molecule has 0 aromatic heterocycles. The van der Waals surface area contributed by atoms with Gasteiger partial charge in [0.05, 0.1) is 12.3 Å². The van der Waals surface area contributed by atoms with Crippen molar-refractivity contribution in [3.05, 3.63) is 29.8 Å². The van der Waals surface area contributed by atoms with E-state index in [9.17, 15) is 4.79 Å². The normalized spacial score (nSPS) is 39.0. The molecule has 4 saturated heterocycles. The third-order valence-electron chi connectivity index (χ3n) is 8.39. The standard InChI is InChI=1S/C27H37NO9/c1-16-9-10-21-17(2)24(34-25-27(21)20(16)11-12-26(4,35-25)36-37-27)32-14-13-31-22-8-6-5-7-19(22)18(3)28-33-15-23(29)30/h5-8,16-17,20-21,24-25H,9-15H2,1-4H3,(H,29,30)/b28-18+/t16-,17-,20?,21+,24+,25-,26-,27-/m1/s1. The monoisotopic (exact) mass is 519 g/mol. The molecule has 204 valence electrons. The Morgan fingerprint density at radius 1 is 1.14 bits per heavy atom. The van der Waals surface area contributed by atoms with Gasteiger partial charge in [0.15, 0.2) is 18.2 Å². The number of oxime groups is 1. The number of aliphatic carboxylic acids is 1. The third-order valence-corrected chi connectivity index (χ3v) is 8.39. The van der Waals surface area contributed by atoms with Gasteiger partial charge in [-0.2, -0.15) is 0 Å². The van der Waals surface area contributed by atoms with Crippen molar-refractivity contribution in [3.8, 4) is 5.75 Å². The van der Waals surface area contributed by atoms with E-state index in [1.54, 1.807) is 6.92 Å². The van der Waals surface area contributed by atoms with Crippen LogP contribution >= 0.6 is 0 Å². The number of rotatable bonds is 9. The zero-order valence-electron chi connectivity index (χ0n) is 21.9. The Kier molecular flexibility index (Phi) is 7.48. The summed E-state index contributed by atoms with van der Waals surface area (Å²) in [6.45, 7) is 8.21. The quantitative estimate of drug-likeness (QED) is 0.223. The molecule has 10 heteroatoms. The molecule has 1 spiro atoms. The van der Waals surface area contributed by atoms with Crippen molar-refractivity contribution in [2.45, 2.75) is 77.3 Å². The molecule has 1 aromatic rings. The zero-order valence-corrected chi connectivity index (χ0v) is 21.9. The molecule has 5 aliphatic rings. The fourth-order valence-electron chi connectivity index (χ4n) is 6.50. The number of carboxylic acids is 1. The van der Waals surface area contributed by atoms with Gasteiger partial charge < -0.3 is 28.9 Å². The van der Waals surface area contributed by atoms with Crippen LogP contribution in [-0.2, 0) is 33.6 Å². The molecule has 5 fully saturated rings. The Morgan fingerprint density at radius 2 is 1.95 bits per heavy atom. The van der Waals surface area contributed by atoms with Gasteiger partial charge in [-0.1, -0.05) is 31.1 Å². The van der Waals surface area contributed by atoms with Gasteiger partial charge in [0.25, 0.3) is 0 Å². The number of hydrogen-bond acceptors (Lipinski definition) is 9. The fourth-order valence-corrected chi connectivity index (χ4v) is 6.50. The minimum absolute atomic E-state index is 0.0916. The van der Waals surface area contributed by atoms with Crippen LogP contribution in [0.15, 0.2) is 29.4 Å². The highest BCUT2D eigenvalue weighted by atomic mass is 17.3. The van der Waals surface area contributed by atoms with E-state index in [1.807, 2.05) is 31.2 Å². The van der Waals surface area contributed by atoms with Crippen molar-refractivity contribution >= 4 is 11.7 Å². The van der Waals surface area contributed by atoms with Gasteiger partial charge in [-0.05, 0) is 57.1 Å². The van der Waals surface area contributed by atoms with E-state index in [0.29, 0.717) is 42.1 Å². The second kappa shape index (κ2) is 10.5. The van der Waals surface area contributed by atoms with E-state index in [0.717, 1.165) is 25.7 Å². The van der Waals surface area contributed by atoms with E-state index in [-0.39, 0.29) is 11.8 Å². The fraction of sp³-hybridized carbons (Fsp3) is 0.704. The zero-order chi connectivity index (χ0) is 26.2. The maximum Gasteiger partial charge on any atom is 0.344 e. The maximum atomic E-state index is 10.7. The first-order valence-corrected chi connectivity index (χ1v) is 13.2. The van der Waals surface area contributed by atoms with Crippen LogP contribution < -0.4 is 4.74 Å². The Hall–Kier alpha value is -2.24. The number of ether oxygens (including phenoxy) is 4. The molecule has 4 aliphatic heterocycles. The van der Waals surface area contributed by atoms with Crippen molar-refractivity contribution in [1.29, 1.82) is 0 Å². The summed E-state index contributed by atoms with van der Waals surface area (Å²) in [6.07, 6.45) is 2.91. The molecular weight excluding hydrogens is 482 g/mol. The second-order valence-electron chi connectivity index (χ2n) is 10.8. The van der Waals surface area contributed by atoms with Gasteiger partial charge in [0.1, 0.15) is 12.4 Å². The summed E-state index contributed by atoms with van der Waals surface area (Å²) in [5.74, 6) is -0.182. The van der Waals surface area contributed by atoms with Gasteiger partial charge in [-0.25, -0.2) is 14.6 Å². The number of benzene rings is 1. The number of carbonyl (C=O) groups is 1. The van der Waals surface area contributed by atoms with Gasteiger partial charge >= 0.3 is 5.97 Å². The Morgan fingerprint density at radius 3 is 2.76 bits per heavy atom. The van der Waals surface area contributed by atoms with Gasteiger partial charge in [-0.3, -0.25) is 0 Å². The molecule has 1 aliphatic carbocycles. The summed E-state index contributed by atoms with van der Waals surface area (Å²) in [4.78, 5) is 27.6. The SMILES string of the molecule is C/C(=N\OCC(=O)O)c1ccccc1OCCO[C@H]1O[C@@H]2O[C@@]3(C)CCC4[C@H](C)CC[C@@H]([C@H]1C)[C@]42OO3. The number of hydrogen-bond donors (Lipinski definition) is 1. The molecule has 6 rings (SSSR count). The molecule has 1 N–H and O–H groups in total. The Bertz CT molecular complexity index is 1020. The number of nitrogens with zero attached hydrogens (tertiary/aromatic N) is 1. The number of para-hydroxylation sites is 1. The van der Waals surface area contributed by atoms with Crippen LogP contribution in [0.3, 0.4) is 0 Å². The minimum atomic E-state index is -1.09. The summed E-state index contributed by atoms with van der Waals surface area (Å²) in [5.41, 5.74) is 0.625. The smallest absolute Gasteiger partial charge is 0.344 e. The molecule has 37 heavy (non-hydrogen) atoms. The van der Waals surface area contributed by atoms with E-state index in [4.69, 9.17) is 38.7 Å². The topological polar surface area (TPSA) is 114 Å². The van der Waals surface area contributed by atoms with Crippen LogP contribution in [-0.4, -0.2) is 60.6 Å². The van der Waals surface area contributed by atoms with E-state index >= 15 is 0 Å². The Labute approximate surface area is 217 Å². The summed E-state index contributed by atoms with van der Waals surface area (Å²) in [7, 11) is 0. The molecule has 1 unspecified atom stereocenters. The second-order valence-corrected chi connectivity index (χ2v) is 10.8. The lowest BCUT2D eigenvalue weighted by Gasteiger charge is -2.60. The van der Waals surface area contributed by atoms with Crippen LogP contribution in [0.1, 0.15) is 58.9 Å². The van der Waals surface area contributed by atoms with Crippen LogP contribution in [0.4, 0.5) is 0 Å². The molecular formula is C27H37NO9. The van der Waals surface area contributed by atoms with Crippen LogP contribution in [0.5, 0.6) is 5.75 Å². The molecule has 4 heterocycles. The van der Waals surface area contributed by atoms with Crippen LogP contribution in [0, 0.1) is 23.7 Å². The summed E-state index contributed by atoms with van der Waals surface area (Å²) >= 11 is 0. The van der Waals surface area contributed by atoms with Crippen molar-refractivity contribution in [2.24, 2.45) is 28.8 Å². The van der Waals surface area contributed by atoms with Gasteiger partial charge in [-0.15, -0.1) is 0 Å². The summed E-state index contributed by atoms with van der Waals surface area (Å²) in [5, 5.41) is 12.6. The largest absolute Gasteiger partial charge is 0.490 e. The summed E-state index contributed by atoms with van der Waals surface area (Å²) in [6, 6.07) is 7.38. The lowest BCUT2D eigenvalue weighted by atomic mass is 9.58. The predicted molar refractivity (Wildman–Crippen MR) is 131 cm³/mol. The first kappa shape index (κ1) is 26.4. The van der Waals surface area contributed by atoms with E-state index in [2.05, 4.69) is 19.0 Å². The summed E-state index contributed by atoms with van der Waals surface area (Å²) < 4.78 is 25.0. The number of fused-ring (bicyclic) bond motifs is 2. The maximum absolute atomic E-state index is 10.7. The van der Waals surface area contributed by atoms with Crippen LogP contribution in [0.25, 0.3) is 0 Å². The lowest BCUT2D eigenvalue weighted by molar-refractivity contribution is -0.577. The van der Waals surface area contributed by atoms with E-state index < -0.39 is 36.5 Å². The molecule has 10 nitrogen and oxygen atoms in total. The molecule has 8 atom stereocenters. The average Bonchev–Trinajstić information content (AvgIpc) is 3.10. The van der Waals surface area contributed by atoms with Crippen molar-refractivity contribution in [2.75, 3.05) is 19.8 Å². The lowest BCUT2D eigenvalue weighted by Crippen LogP contribution is -2.70. The molecule has 2 bridgehead atoms. The minimum Gasteiger partial charge on any atom is -0.490 e. The van der Waals surface area contributed by atoms with E-state index in [1.165, 1.54) is 0 Å². The van der Waals surface area contributed by atoms with Crippen LogP contribution in [0.2, 0.25) is 0 Å². The third kappa shape index (κ3) is 4.97. The molecule has 0 radical (unpaired) electrons. The van der Waals surface area contributed by atoms with Crippen molar-refractivity contribution < 1.29 is 43.5 Å². The highest BCUT2D eigenvalue weighted by molar-refractivity contribution is 6.00. The van der Waals surface area contributed by atoms with Gasteiger partial charge in [0, 0.05) is 23.8 Å². The highest BCUT2D eigenvalue weighted by Crippen LogP contribution is 2.60. The molecule has 1 saturated carbocycles. The number of carboxylic acid groups (broad SMARTS) is 1. The molecule has 0 amide bonds. The highest BCUT2D eigenvalue weighted by Gasteiger charge is 2.69. The molecule has 1 aromatic carbocycles. The first-order chi connectivity index (χ1) is 17.7. The predicted octanol–water partition coefficient (Wildman–Crippen LogP) is 4.12.